The number of likely N-dealkylation sites (N-methyl/N-ethyl adjacent to an activating group) is 1. The van der Waals surface area contributed by atoms with Crippen LogP contribution in [-0.2, 0) is 16.1 Å². The minimum Gasteiger partial charge on any atom is -0.490 e. The number of methoxy groups -OCH3 is 1. The lowest BCUT2D eigenvalue weighted by molar-refractivity contribution is -0.385. The van der Waals surface area contributed by atoms with Crippen LogP contribution in [0.4, 0.5) is 5.69 Å². The van der Waals surface area contributed by atoms with Crippen molar-refractivity contribution in [1.82, 2.24) is 10.2 Å². The van der Waals surface area contributed by atoms with E-state index in [-0.39, 0.29) is 36.2 Å². The summed E-state index contributed by atoms with van der Waals surface area (Å²) in [7, 11) is 2.81. The summed E-state index contributed by atoms with van der Waals surface area (Å²) in [6.45, 7) is 1.55. The van der Waals surface area contributed by atoms with Crippen LogP contribution >= 0.6 is 11.6 Å². The first-order valence-corrected chi connectivity index (χ1v) is 9.89. The van der Waals surface area contributed by atoms with E-state index in [1.165, 1.54) is 37.3 Å². The number of hydrogen-bond acceptors (Lipinski definition) is 6. The third kappa shape index (κ3) is 6.08. The van der Waals surface area contributed by atoms with Gasteiger partial charge >= 0.3 is 5.69 Å². The Morgan fingerprint density at radius 3 is 2.55 bits per heavy atom. The van der Waals surface area contributed by atoms with E-state index in [1.54, 1.807) is 31.2 Å². The number of nitrogens with zero attached hydrogens (tertiary/aromatic N) is 2. The van der Waals surface area contributed by atoms with E-state index in [0.717, 1.165) is 0 Å². The van der Waals surface area contributed by atoms with Gasteiger partial charge in [0, 0.05) is 30.7 Å². The SMILES string of the molecule is CCC(C(=O)NC)N(Cc1ccccc1Cl)C(=O)COc1ccc([N+](=O)[O-])c(OC)c1. The third-order valence-electron chi connectivity index (χ3n) is 4.64. The van der Waals surface area contributed by atoms with Crippen molar-refractivity contribution in [3.05, 3.63) is 63.2 Å². The summed E-state index contributed by atoms with van der Waals surface area (Å²) in [6.07, 6.45) is 0.390. The van der Waals surface area contributed by atoms with Gasteiger partial charge in [-0.15, -0.1) is 0 Å². The van der Waals surface area contributed by atoms with Gasteiger partial charge < -0.3 is 19.7 Å². The molecule has 0 saturated heterocycles. The molecule has 1 N–H and O–H groups in total. The topological polar surface area (TPSA) is 111 Å². The van der Waals surface area contributed by atoms with Crippen LogP contribution in [0.15, 0.2) is 42.5 Å². The van der Waals surface area contributed by atoms with Gasteiger partial charge in [-0.05, 0) is 24.1 Å². The summed E-state index contributed by atoms with van der Waals surface area (Å²) in [4.78, 5) is 37.2. The van der Waals surface area contributed by atoms with Gasteiger partial charge in [0.25, 0.3) is 5.91 Å². The molecule has 2 aromatic rings. The van der Waals surface area contributed by atoms with Crippen molar-refractivity contribution < 1.29 is 24.0 Å². The van der Waals surface area contributed by atoms with Crippen molar-refractivity contribution in [2.24, 2.45) is 0 Å². The molecule has 0 bridgehead atoms. The molecule has 0 saturated carbocycles. The van der Waals surface area contributed by atoms with Crippen LogP contribution in [0, 0.1) is 10.1 Å². The summed E-state index contributed by atoms with van der Waals surface area (Å²) in [5, 5.41) is 14.1. The Labute approximate surface area is 185 Å². The average Bonchev–Trinajstić information content (AvgIpc) is 2.77. The van der Waals surface area contributed by atoms with E-state index < -0.39 is 16.9 Å². The maximum atomic E-state index is 13.0. The molecule has 9 nitrogen and oxygen atoms in total. The molecule has 2 aromatic carbocycles. The fourth-order valence-corrected chi connectivity index (χ4v) is 3.22. The molecular formula is C21H24ClN3O6. The molecule has 0 fully saturated rings. The molecule has 0 aliphatic carbocycles. The van der Waals surface area contributed by atoms with E-state index >= 15 is 0 Å². The predicted octanol–water partition coefficient (Wildman–Crippen LogP) is 3.19. The molecule has 0 aliphatic heterocycles. The Morgan fingerprint density at radius 2 is 1.97 bits per heavy atom. The number of nitrogens with one attached hydrogen (secondary N) is 1. The highest BCUT2D eigenvalue weighted by atomic mass is 35.5. The van der Waals surface area contributed by atoms with Crippen LogP contribution in [0.25, 0.3) is 0 Å². The Morgan fingerprint density at radius 1 is 1.26 bits per heavy atom. The zero-order valence-electron chi connectivity index (χ0n) is 17.5. The van der Waals surface area contributed by atoms with Gasteiger partial charge in [-0.25, -0.2) is 0 Å². The maximum Gasteiger partial charge on any atom is 0.311 e. The zero-order valence-corrected chi connectivity index (χ0v) is 18.2. The minimum absolute atomic E-state index is 0.0136. The number of carbonyl (C=O) groups is 2. The molecule has 10 heteroatoms. The maximum absolute atomic E-state index is 13.0. The minimum atomic E-state index is -0.719. The van der Waals surface area contributed by atoms with Crippen molar-refractivity contribution in [2.45, 2.75) is 25.9 Å². The molecule has 0 aliphatic rings. The summed E-state index contributed by atoms with van der Waals surface area (Å²) in [5.74, 6) is -0.506. The Kier molecular flexibility index (Phi) is 8.63. The van der Waals surface area contributed by atoms with Crippen LogP contribution in [0.5, 0.6) is 11.5 Å². The number of nitro benzene ring substituents is 1. The summed E-state index contributed by atoms with van der Waals surface area (Å²) in [5.41, 5.74) is 0.476. The molecule has 0 spiro atoms. The van der Waals surface area contributed by atoms with E-state index in [9.17, 15) is 19.7 Å². The lowest BCUT2D eigenvalue weighted by Crippen LogP contribution is -2.49. The number of benzene rings is 2. The fraction of sp³-hybridized carbons (Fsp3) is 0.333. The number of amides is 2. The van der Waals surface area contributed by atoms with Gasteiger partial charge in [0.1, 0.15) is 11.8 Å². The highest BCUT2D eigenvalue weighted by molar-refractivity contribution is 6.31. The first kappa shape index (κ1) is 23.9. The third-order valence-corrected chi connectivity index (χ3v) is 5.01. The quantitative estimate of drug-likeness (QED) is 0.440. The van der Waals surface area contributed by atoms with Crippen LogP contribution in [0.2, 0.25) is 5.02 Å². The van der Waals surface area contributed by atoms with Crippen LogP contribution in [0.3, 0.4) is 0 Å². The van der Waals surface area contributed by atoms with Crippen molar-refractivity contribution in [2.75, 3.05) is 20.8 Å². The number of carbonyl (C=O) groups excluding carboxylic acids is 2. The van der Waals surface area contributed by atoms with Crippen molar-refractivity contribution >= 4 is 29.1 Å². The molecule has 0 radical (unpaired) electrons. The number of hydrogen-bond donors (Lipinski definition) is 1. The number of halogens is 1. The lowest BCUT2D eigenvalue weighted by Gasteiger charge is -2.30. The molecule has 2 rings (SSSR count). The molecule has 31 heavy (non-hydrogen) atoms. The van der Waals surface area contributed by atoms with Crippen LogP contribution < -0.4 is 14.8 Å². The Balaban J connectivity index is 2.23. The van der Waals surface area contributed by atoms with Crippen molar-refractivity contribution in [3.63, 3.8) is 0 Å². The second kappa shape index (κ2) is 11.2. The van der Waals surface area contributed by atoms with Gasteiger partial charge in [-0.1, -0.05) is 36.7 Å². The van der Waals surface area contributed by atoms with Crippen molar-refractivity contribution in [1.29, 1.82) is 0 Å². The van der Waals surface area contributed by atoms with Crippen LogP contribution in [-0.4, -0.2) is 48.4 Å². The average molecular weight is 450 g/mol. The first-order chi connectivity index (χ1) is 14.8. The molecular weight excluding hydrogens is 426 g/mol. The second-order valence-corrected chi connectivity index (χ2v) is 6.94. The number of ether oxygens (including phenoxy) is 2. The Hall–Kier alpha value is -3.33. The van der Waals surface area contributed by atoms with Gasteiger partial charge in [-0.3, -0.25) is 19.7 Å². The van der Waals surface area contributed by atoms with Gasteiger partial charge in [0.2, 0.25) is 11.7 Å². The largest absolute Gasteiger partial charge is 0.490 e. The second-order valence-electron chi connectivity index (χ2n) is 6.53. The smallest absolute Gasteiger partial charge is 0.311 e. The van der Waals surface area contributed by atoms with Gasteiger partial charge in [0.15, 0.2) is 6.61 Å². The molecule has 1 unspecified atom stereocenters. The van der Waals surface area contributed by atoms with E-state index in [0.29, 0.717) is 17.0 Å². The van der Waals surface area contributed by atoms with Gasteiger partial charge in [-0.2, -0.15) is 0 Å². The number of rotatable bonds is 10. The monoisotopic (exact) mass is 449 g/mol. The highest BCUT2D eigenvalue weighted by Crippen LogP contribution is 2.30. The lowest BCUT2D eigenvalue weighted by atomic mass is 10.1. The predicted molar refractivity (Wildman–Crippen MR) is 115 cm³/mol. The van der Waals surface area contributed by atoms with Crippen molar-refractivity contribution in [3.8, 4) is 11.5 Å². The summed E-state index contributed by atoms with van der Waals surface area (Å²) >= 11 is 6.24. The molecule has 166 valence electrons. The molecule has 0 aromatic heterocycles. The molecule has 0 heterocycles. The summed E-state index contributed by atoms with van der Waals surface area (Å²) < 4.78 is 10.6. The Bertz CT molecular complexity index is 952. The fourth-order valence-electron chi connectivity index (χ4n) is 3.02. The number of nitro groups is 1. The molecule has 1 atom stereocenters. The van der Waals surface area contributed by atoms with E-state index in [1.807, 2.05) is 0 Å². The molecule has 2 amide bonds. The normalized spacial score (nSPS) is 11.4. The zero-order chi connectivity index (χ0) is 23.0. The van der Waals surface area contributed by atoms with E-state index in [2.05, 4.69) is 5.32 Å². The first-order valence-electron chi connectivity index (χ1n) is 9.52. The van der Waals surface area contributed by atoms with E-state index in [4.69, 9.17) is 21.1 Å². The summed E-state index contributed by atoms with van der Waals surface area (Å²) in [6, 6.07) is 10.3. The van der Waals surface area contributed by atoms with Gasteiger partial charge in [0.05, 0.1) is 12.0 Å². The van der Waals surface area contributed by atoms with Crippen LogP contribution in [0.1, 0.15) is 18.9 Å². The highest BCUT2D eigenvalue weighted by Gasteiger charge is 2.29. The standard InChI is InChI=1S/C21H24ClN3O6/c1-4-17(21(27)23-2)24(12-14-7-5-6-8-16(14)22)20(26)13-31-15-9-10-18(25(28)29)19(11-15)30-3/h5-11,17H,4,12-13H2,1-3H3,(H,23,27).